The van der Waals surface area contributed by atoms with Gasteiger partial charge in [0.2, 0.25) is 11.8 Å². The van der Waals surface area contributed by atoms with Crippen LogP contribution in [0.2, 0.25) is 0 Å². The second-order valence-electron chi connectivity index (χ2n) is 3.98. The van der Waals surface area contributed by atoms with Crippen molar-refractivity contribution in [2.75, 3.05) is 26.2 Å². The van der Waals surface area contributed by atoms with E-state index in [0.717, 1.165) is 13.1 Å². The number of rotatable bonds is 7. The Balaban J connectivity index is 0.000000441. The monoisotopic (exact) mass is 281 g/mol. The van der Waals surface area contributed by atoms with E-state index < -0.39 is 17.7 Å². The quantitative estimate of drug-likeness (QED) is 0.296. The highest BCUT2D eigenvalue weighted by atomic mass is 16.2. The van der Waals surface area contributed by atoms with Crippen molar-refractivity contribution < 1.29 is 9.59 Å². The molecule has 0 saturated heterocycles. The first-order chi connectivity index (χ1) is 9.54. The van der Waals surface area contributed by atoms with Crippen LogP contribution < -0.4 is 28.3 Å². The second kappa shape index (κ2) is 10.9. The van der Waals surface area contributed by atoms with E-state index in [1.165, 1.54) is 0 Å². The molecule has 1 aromatic rings. The molecule has 0 unspecified atom stereocenters. The minimum absolute atomic E-state index is 0.530. The number of benzene rings is 1. The third-order valence-electron chi connectivity index (χ3n) is 2.34. The summed E-state index contributed by atoms with van der Waals surface area (Å²) < 4.78 is 0. The van der Waals surface area contributed by atoms with Crippen molar-refractivity contribution in [1.82, 2.24) is 5.32 Å². The van der Waals surface area contributed by atoms with Crippen LogP contribution in [-0.2, 0) is 9.59 Å². The van der Waals surface area contributed by atoms with Crippen LogP contribution in [0.3, 0.4) is 0 Å². The molecule has 7 heteroatoms. The Bertz CT molecular complexity index is 379. The van der Waals surface area contributed by atoms with E-state index in [2.05, 4.69) is 5.32 Å². The molecule has 0 radical (unpaired) electrons. The van der Waals surface area contributed by atoms with Crippen LogP contribution in [0, 0.1) is 0 Å². The molecule has 0 atom stereocenters. The second-order valence-corrected chi connectivity index (χ2v) is 3.98. The zero-order valence-electron chi connectivity index (χ0n) is 11.4. The molecule has 2 amide bonds. The van der Waals surface area contributed by atoms with Gasteiger partial charge in [-0.3, -0.25) is 9.59 Å². The Kier molecular flexibility index (Phi) is 9.85. The van der Waals surface area contributed by atoms with E-state index in [0.29, 0.717) is 18.7 Å². The first-order valence-corrected chi connectivity index (χ1v) is 6.29. The Morgan fingerprint density at radius 1 is 0.950 bits per heavy atom. The number of nitrogens with one attached hydrogen (secondary N) is 1. The van der Waals surface area contributed by atoms with E-state index in [1.54, 1.807) is 30.3 Å². The third kappa shape index (κ3) is 7.47. The molecular formula is C13H23N5O2. The number of carbonyl (C=O) groups excluding carboxylic acids is 2. The summed E-state index contributed by atoms with van der Waals surface area (Å²) in [6, 6.07) is 8.49. The zero-order valence-corrected chi connectivity index (χ0v) is 11.4. The summed E-state index contributed by atoms with van der Waals surface area (Å²) >= 11 is 0. The van der Waals surface area contributed by atoms with E-state index in [4.69, 9.17) is 22.9 Å². The highest BCUT2D eigenvalue weighted by molar-refractivity contribution is 6.04. The summed E-state index contributed by atoms with van der Waals surface area (Å²) in [5, 5.41) is 3.03. The van der Waals surface area contributed by atoms with Crippen LogP contribution in [0.25, 0.3) is 0 Å². The minimum atomic E-state index is -1.03. The lowest BCUT2D eigenvalue weighted by atomic mass is 9.98. The molecule has 112 valence electrons. The number of hydrogen-bond acceptors (Lipinski definition) is 5. The Morgan fingerprint density at radius 3 is 1.75 bits per heavy atom. The smallest absolute Gasteiger partial charge is 0.234 e. The number of carbonyl (C=O) groups is 2. The maximum atomic E-state index is 10.9. The number of nitrogens with two attached hydrogens (primary N) is 4. The number of hydrogen-bond donors (Lipinski definition) is 5. The molecule has 0 bridgehead atoms. The molecular weight excluding hydrogens is 258 g/mol. The summed E-state index contributed by atoms with van der Waals surface area (Å²) in [6.07, 6.45) is 0. The van der Waals surface area contributed by atoms with Gasteiger partial charge >= 0.3 is 0 Å². The molecule has 0 spiro atoms. The van der Waals surface area contributed by atoms with Gasteiger partial charge in [0, 0.05) is 26.2 Å². The number of primary amides is 2. The van der Waals surface area contributed by atoms with Gasteiger partial charge in [-0.1, -0.05) is 30.3 Å². The zero-order chi connectivity index (χ0) is 15.4. The molecule has 0 aliphatic rings. The topological polar surface area (TPSA) is 150 Å². The van der Waals surface area contributed by atoms with E-state index in [1.807, 2.05) is 0 Å². The van der Waals surface area contributed by atoms with Crippen LogP contribution in [-0.4, -0.2) is 38.0 Å². The molecule has 0 aliphatic heterocycles. The fraction of sp³-hybridized carbons (Fsp3) is 0.385. The van der Waals surface area contributed by atoms with Gasteiger partial charge < -0.3 is 28.3 Å². The van der Waals surface area contributed by atoms with E-state index in [9.17, 15) is 9.59 Å². The maximum Gasteiger partial charge on any atom is 0.234 e. The lowest BCUT2D eigenvalue weighted by Crippen LogP contribution is -2.32. The molecule has 0 aliphatic carbocycles. The molecule has 7 nitrogen and oxygen atoms in total. The van der Waals surface area contributed by atoms with Gasteiger partial charge in [-0.2, -0.15) is 0 Å². The SMILES string of the molecule is NC(=O)C(C(N)=O)c1ccccc1.NCCNCCN. The van der Waals surface area contributed by atoms with Crippen molar-refractivity contribution in [3.63, 3.8) is 0 Å². The Morgan fingerprint density at radius 2 is 1.40 bits per heavy atom. The standard InChI is InChI=1S/C9H10N2O2.C4H13N3/c10-8(12)7(9(11)13)6-4-2-1-3-5-6;5-1-3-7-4-2-6/h1-5,7H,(H2,10,12)(H2,11,13);7H,1-6H2. The van der Waals surface area contributed by atoms with Crippen LogP contribution in [0.4, 0.5) is 0 Å². The average Bonchev–Trinajstić information content (AvgIpc) is 2.40. The maximum absolute atomic E-state index is 10.9. The lowest BCUT2D eigenvalue weighted by Gasteiger charge is -2.08. The summed E-state index contributed by atoms with van der Waals surface area (Å²) in [6.45, 7) is 3.13. The fourth-order valence-corrected chi connectivity index (χ4v) is 1.44. The predicted octanol–water partition coefficient (Wildman–Crippen LogP) is -1.77. The van der Waals surface area contributed by atoms with Crippen molar-refractivity contribution in [3.05, 3.63) is 35.9 Å². The Labute approximate surface area is 118 Å². The lowest BCUT2D eigenvalue weighted by molar-refractivity contribution is -0.128. The van der Waals surface area contributed by atoms with Crippen molar-refractivity contribution in [3.8, 4) is 0 Å². The van der Waals surface area contributed by atoms with Crippen molar-refractivity contribution in [1.29, 1.82) is 0 Å². The first-order valence-electron chi connectivity index (χ1n) is 6.29. The summed E-state index contributed by atoms with van der Waals surface area (Å²) in [4.78, 5) is 21.7. The van der Waals surface area contributed by atoms with Crippen molar-refractivity contribution in [2.45, 2.75) is 5.92 Å². The van der Waals surface area contributed by atoms with Crippen LogP contribution in [0.5, 0.6) is 0 Å². The van der Waals surface area contributed by atoms with Gasteiger partial charge in [0.1, 0.15) is 5.92 Å². The molecule has 0 fully saturated rings. The van der Waals surface area contributed by atoms with E-state index >= 15 is 0 Å². The molecule has 0 aromatic heterocycles. The van der Waals surface area contributed by atoms with Gasteiger partial charge in [0.15, 0.2) is 0 Å². The molecule has 20 heavy (non-hydrogen) atoms. The van der Waals surface area contributed by atoms with Crippen LogP contribution in [0.15, 0.2) is 30.3 Å². The van der Waals surface area contributed by atoms with Gasteiger partial charge in [-0.05, 0) is 5.56 Å². The molecule has 9 N–H and O–H groups in total. The summed E-state index contributed by atoms with van der Waals surface area (Å²) in [7, 11) is 0. The summed E-state index contributed by atoms with van der Waals surface area (Å²) in [5.41, 5.74) is 20.9. The fourth-order valence-electron chi connectivity index (χ4n) is 1.44. The molecule has 0 heterocycles. The largest absolute Gasteiger partial charge is 0.369 e. The van der Waals surface area contributed by atoms with Crippen molar-refractivity contribution in [2.24, 2.45) is 22.9 Å². The predicted molar refractivity (Wildman–Crippen MR) is 78.6 cm³/mol. The van der Waals surface area contributed by atoms with Gasteiger partial charge in [-0.15, -0.1) is 0 Å². The average molecular weight is 281 g/mol. The van der Waals surface area contributed by atoms with Crippen molar-refractivity contribution >= 4 is 11.8 Å². The van der Waals surface area contributed by atoms with Gasteiger partial charge in [0.25, 0.3) is 0 Å². The minimum Gasteiger partial charge on any atom is -0.369 e. The van der Waals surface area contributed by atoms with Gasteiger partial charge in [0.05, 0.1) is 0 Å². The number of amides is 2. The van der Waals surface area contributed by atoms with Crippen LogP contribution in [0.1, 0.15) is 11.5 Å². The molecule has 1 rings (SSSR count). The highest BCUT2D eigenvalue weighted by Gasteiger charge is 2.23. The van der Waals surface area contributed by atoms with E-state index in [-0.39, 0.29) is 0 Å². The van der Waals surface area contributed by atoms with Crippen LogP contribution >= 0.6 is 0 Å². The normalized spacial score (nSPS) is 9.75. The summed E-state index contributed by atoms with van der Waals surface area (Å²) in [5.74, 6) is -2.47. The molecule has 0 saturated carbocycles. The highest BCUT2D eigenvalue weighted by Crippen LogP contribution is 2.13. The van der Waals surface area contributed by atoms with Gasteiger partial charge in [-0.25, -0.2) is 0 Å². The Hall–Kier alpha value is -1.96. The third-order valence-corrected chi connectivity index (χ3v) is 2.34. The first kappa shape index (κ1) is 18.0. The molecule has 1 aromatic carbocycles.